The molecule has 4 rings (SSSR count). The lowest BCUT2D eigenvalue weighted by atomic mass is 9.82. The van der Waals surface area contributed by atoms with Crippen molar-refractivity contribution in [2.45, 2.75) is 147 Å². The summed E-state index contributed by atoms with van der Waals surface area (Å²) in [6.07, 6.45) is 17.9. The molecule has 9 heteroatoms. The summed E-state index contributed by atoms with van der Waals surface area (Å²) in [7, 11) is 0. The number of rotatable bonds is 11. The Morgan fingerprint density at radius 2 is 1.43 bits per heavy atom. The van der Waals surface area contributed by atoms with Crippen LogP contribution in [-0.4, -0.2) is 65.0 Å². The standard InChI is InChI=1S/C33H56N4O5/c1-23-8-5-6-13-29(23)36-33(42)35-27-16-14-24(15-17-27)21-30(38)34-28-12-7-9-25(20-28)22-37(19-18-31(39)40)32(41)26-10-3-2-4-11-26/h23-29H,2-22H2,1H3,(H,34,38)(H,39,40)(H2,35,36,42). The van der Waals surface area contributed by atoms with E-state index in [1.165, 1.54) is 25.7 Å². The minimum Gasteiger partial charge on any atom is -0.481 e. The van der Waals surface area contributed by atoms with Crippen LogP contribution in [0.1, 0.15) is 129 Å². The minimum absolute atomic E-state index is 0.0203. The van der Waals surface area contributed by atoms with Gasteiger partial charge in [-0.1, -0.05) is 45.4 Å². The van der Waals surface area contributed by atoms with Gasteiger partial charge >= 0.3 is 12.0 Å². The van der Waals surface area contributed by atoms with Crippen LogP contribution >= 0.6 is 0 Å². The van der Waals surface area contributed by atoms with Crippen molar-refractivity contribution in [1.82, 2.24) is 20.9 Å². The van der Waals surface area contributed by atoms with Gasteiger partial charge in [0.2, 0.25) is 11.8 Å². The van der Waals surface area contributed by atoms with Gasteiger partial charge in [-0.05, 0) is 88.4 Å². The number of hydrogen-bond donors (Lipinski definition) is 4. The Morgan fingerprint density at radius 1 is 0.714 bits per heavy atom. The zero-order valence-electron chi connectivity index (χ0n) is 25.9. The summed E-state index contributed by atoms with van der Waals surface area (Å²) < 4.78 is 0. The number of hydrogen-bond acceptors (Lipinski definition) is 4. The average Bonchev–Trinajstić information content (AvgIpc) is 2.97. The van der Waals surface area contributed by atoms with Crippen LogP contribution in [0.4, 0.5) is 4.79 Å². The Hall–Kier alpha value is -2.32. The van der Waals surface area contributed by atoms with E-state index in [1.807, 2.05) is 4.90 Å². The van der Waals surface area contributed by atoms with Gasteiger partial charge in [-0.15, -0.1) is 0 Å². The first-order valence-electron chi connectivity index (χ1n) is 17.1. The van der Waals surface area contributed by atoms with Gasteiger partial charge in [0.25, 0.3) is 0 Å². The first-order valence-corrected chi connectivity index (χ1v) is 17.1. The molecule has 0 aliphatic heterocycles. The number of aliphatic carboxylic acids is 1. The fourth-order valence-corrected chi connectivity index (χ4v) is 8.02. The van der Waals surface area contributed by atoms with Gasteiger partial charge in [-0.3, -0.25) is 14.4 Å². The molecular weight excluding hydrogens is 532 g/mol. The zero-order valence-corrected chi connectivity index (χ0v) is 25.9. The first kappa shape index (κ1) is 32.6. The van der Waals surface area contributed by atoms with E-state index in [9.17, 15) is 24.3 Å². The van der Waals surface area contributed by atoms with Gasteiger partial charge in [0.1, 0.15) is 0 Å². The van der Waals surface area contributed by atoms with Crippen molar-refractivity contribution in [3.8, 4) is 0 Å². The van der Waals surface area contributed by atoms with E-state index in [2.05, 4.69) is 22.9 Å². The molecule has 4 unspecified atom stereocenters. The maximum atomic E-state index is 13.3. The molecule has 238 valence electrons. The second-order valence-corrected chi connectivity index (χ2v) is 14.0. The molecule has 0 aromatic heterocycles. The molecule has 0 spiro atoms. The molecule has 4 aliphatic carbocycles. The summed E-state index contributed by atoms with van der Waals surface area (Å²) in [5.41, 5.74) is 0. The Bertz CT molecular complexity index is 899. The number of urea groups is 1. The number of amides is 4. The molecule has 4 fully saturated rings. The van der Waals surface area contributed by atoms with Crippen LogP contribution in [0, 0.1) is 23.7 Å². The van der Waals surface area contributed by atoms with Crippen LogP contribution in [0.25, 0.3) is 0 Å². The molecule has 42 heavy (non-hydrogen) atoms. The van der Waals surface area contributed by atoms with Crippen molar-refractivity contribution in [3.63, 3.8) is 0 Å². The van der Waals surface area contributed by atoms with Gasteiger partial charge in [0, 0.05) is 43.6 Å². The molecule has 0 aromatic carbocycles. The summed E-state index contributed by atoms with van der Waals surface area (Å²) in [6.45, 7) is 3.10. The van der Waals surface area contributed by atoms with Crippen molar-refractivity contribution >= 4 is 23.8 Å². The molecule has 4 atom stereocenters. The molecule has 4 aliphatic rings. The van der Waals surface area contributed by atoms with E-state index in [0.717, 1.165) is 83.5 Å². The smallest absolute Gasteiger partial charge is 0.315 e. The van der Waals surface area contributed by atoms with Crippen molar-refractivity contribution in [2.24, 2.45) is 23.7 Å². The van der Waals surface area contributed by atoms with Gasteiger partial charge in [0.05, 0.1) is 6.42 Å². The number of nitrogens with zero attached hydrogens (tertiary/aromatic N) is 1. The highest BCUT2D eigenvalue weighted by Crippen LogP contribution is 2.31. The van der Waals surface area contributed by atoms with E-state index < -0.39 is 5.97 Å². The highest BCUT2D eigenvalue weighted by Gasteiger charge is 2.32. The monoisotopic (exact) mass is 588 g/mol. The molecule has 4 N–H and O–H groups in total. The molecule has 0 saturated heterocycles. The quantitative estimate of drug-likeness (QED) is 0.258. The Balaban J connectivity index is 1.16. The minimum atomic E-state index is -0.868. The summed E-state index contributed by atoms with van der Waals surface area (Å²) in [6, 6.07) is 0.543. The van der Waals surface area contributed by atoms with Gasteiger partial charge in [0.15, 0.2) is 0 Å². The molecule has 4 saturated carbocycles. The summed E-state index contributed by atoms with van der Waals surface area (Å²) in [5.74, 6) is 0.589. The molecule has 0 aromatic rings. The van der Waals surface area contributed by atoms with Crippen LogP contribution < -0.4 is 16.0 Å². The Labute approximate surface area is 252 Å². The summed E-state index contributed by atoms with van der Waals surface area (Å²) in [4.78, 5) is 51.9. The van der Waals surface area contributed by atoms with Crippen molar-refractivity contribution in [3.05, 3.63) is 0 Å². The summed E-state index contributed by atoms with van der Waals surface area (Å²) in [5, 5.41) is 18.9. The highest BCUT2D eigenvalue weighted by atomic mass is 16.4. The van der Waals surface area contributed by atoms with E-state index in [-0.39, 0.29) is 60.8 Å². The third-order valence-electron chi connectivity index (χ3n) is 10.6. The first-order chi connectivity index (χ1) is 20.3. The average molecular weight is 589 g/mol. The van der Waals surface area contributed by atoms with Crippen molar-refractivity contribution < 1.29 is 24.3 Å². The predicted octanol–water partition coefficient (Wildman–Crippen LogP) is 5.37. The molecule has 9 nitrogen and oxygen atoms in total. The predicted molar refractivity (Wildman–Crippen MR) is 163 cm³/mol. The third-order valence-corrected chi connectivity index (χ3v) is 10.6. The summed E-state index contributed by atoms with van der Waals surface area (Å²) >= 11 is 0. The van der Waals surface area contributed by atoms with Crippen LogP contribution in [0.2, 0.25) is 0 Å². The maximum Gasteiger partial charge on any atom is 0.315 e. The SMILES string of the molecule is CC1CCCCC1NC(=O)NC1CCC(CC(=O)NC2CCCC(CN(CCC(=O)O)C(=O)C3CCCCC3)C2)CC1. The van der Waals surface area contributed by atoms with Gasteiger partial charge in [-0.2, -0.15) is 0 Å². The molecule has 0 radical (unpaired) electrons. The van der Waals surface area contributed by atoms with Crippen molar-refractivity contribution in [1.29, 1.82) is 0 Å². The van der Waals surface area contributed by atoms with Crippen LogP contribution in [-0.2, 0) is 14.4 Å². The van der Waals surface area contributed by atoms with E-state index >= 15 is 0 Å². The van der Waals surface area contributed by atoms with E-state index in [0.29, 0.717) is 24.8 Å². The normalized spacial score (nSPS) is 30.6. The third kappa shape index (κ3) is 10.4. The second-order valence-electron chi connectivity index (χ2n) is 14.0. The molecule has 4 amide bonds. The zero-order chi connectivity index (χ0) is 29.9. The molecule has 0 heterocycles. The van der Waals surface area contributed by atoms with Crippen molar-refractivity contribution in [2.75, 3.05) is 13.1 Å². The number of carboxylic acid groups (broad SMARTS) is 1. The maximum absolute atomic E-state index is 13.3. The Kier molecular flexibility index (Phi) is 12.8. The largest absolute Gasteiger partial charge is 0.481 e. The van der Waals surface area contributed by atoms with E-state index in [4.69, 9.17) is 0 Å². The highest BCUT2D eigenvalue weighted by molar-refractivity contribution is 5.79. The van der Waals surface area contributed by atoms with Crippen LogP contribution in [0.5, 0.6) is 0 Å². The fourth-order valence-electron chi connectivity index (χ4n) is 8.02. The van der Waals surface area contributed by atoms with Crippen LogP contribution in [0.3, 0.4) is 0 Å². The number of nitrogens with one attached hydrogen (secondary N) is 3. The number of carboxylic acids is 1. The second kappa shape index (κ2) is 16.5. The lowest BCUT2D eigenvalue weighted by Gasteiger charge is -2.36. The van der Waals surface area contributed by atoms with Crippen LogP contribution in [0.15, 0.2) is 0 Å². The lowest BCUT2D eigenvalue weighted by Crippen LogP contribution is -2.49. The topological polar surface area (TPSA) is 128 Å². The van der Waals surface area contributed by atoms with E-state index in [1.54, 1.807) is 0 Å². The molecule has 0 bridgehead atoms. The lowest BCUT2D eigenvalue weighted by molar-refractivity contribution is -0.141. The van der Waals surface area contributed by atoms with Gasteiger partial charge < -0.3 is 26.0 Å². The number of carbonyl (C=O) groups is 4. The fraction of sp³-hybridized carbons (Fsp3) is 0.879. The number of carbonyl (C=O) groups excluding carboxylic acids is 3. The molecular formula is C33H56N4O5. The Morgan fingerprint density at radius 3 is 2.14 bits per heavy atom. The van der Waals surface area contributed by atoms with Gasteiger partial charge in [-0.25, -0.2) is 4.79 Å².